The number of nitrogens with two attached hydrogens (primary N) is 1. The SMILES string of the molecule is CCC(C)NC(=O)C1Oc2ccccc2C12CCN(c1cc(N)ccn1)CC2. The number of carbonyl (C=O) groups excluding carboxylic acids is 1. The van der Waals surface area contributed by atoms with Crippen LogP contribution in [0, 0.1) is 0 Å². The fourth-order valence-electron chi connectivity index (χ4n) is 4.36. The standard InChI is InChI=1S/C22H28N4O2/c1-3-15(2)25-21(27)20-22(17-6-4-5-7-18(17)28-20)9-12-26(13-10-22)19-14-16(23)8-11-24-19/h4-8,11,14-15,20H,3,9-10,12-13H2,1-2H3,(H2,23,24)(H,25,27). The van der Waals surface area contributed by atoms with Crippen molar-refractivity contribution in [2.24, 2.45) is 0 Å². The summed E-state index contributed by atoms with van der Waals surface area (Å²) in [6.07, 6.45) is 3.81. The van der Waals surface area contributed by atoms with Crippen LogP contribution in [0.5, 0.6) is 5.75 Å². The molecule has 6 nitrogen and oxygen atoms in total. The van der Waals surface area contributed by atoms with Crippen molar-refractivity contribution in [1.29, 1.82) is 0 Å². The van der Waals surface area contributed by atoms with Crippen LogP contribution in [0.1, 0.15) is 38.7 Å². The third-order valence-electron chi connectivity index (χ3n) is 6.16. The Morgan fingerprint density at radius 1 is 1.36 bits per heavy atom. The number of fused-ring (bicyclic) bond motifs is 2. The van der Waals surface area contributed by atoms with Gasteiger partial charge in [-0.05, 0) is 38.3 Å². The van der Waals surface area contributed by atoms with E-state index in [1.807, 2.05) is 31.2 Å². The number of ether oxygens (including phenoxy) is 1. The molecule has 3 heterocycles. The number of nitrogens with zero attached hydrogens (tertiary/aromatic N) is 2. The highest BCUT2D eigenvalue weighted by atomic mass is 16.5. The molecule has 2 aliphatic rings. The van der Waals surface area contributed by atoms with Crippen molar-refractivity contribution in [3.8, 4) is 5.75 Å². The summed E-state index contributed by atoms with van der Waals surface area (Å²) in [7, 11) is 0. The molecule has 1 spiro atoms. The van der Waals surface area contributed by atoms with Crippen LogP contribution in [0.15, 0.2) is 42.6 Å². The Balaban J connectivity index is 1.60. The van der Waals surface area contributed by atoms with Gasteiger partial charge >= 0.3 is 0 Å². The van der Waals surface area contributed by atoms with Crippen molar-refractivity contribution >= 4 is 17.4 Å². The van der Waals surface area contributed by atoms with Gasteiger partial charge in [-0.15, -0.1) is 0 Å². The molecular weight excluding hydrogens is 352 g/mol. The molecule has 2 atom stereocenters. The first kappa shape index (κ1) is 18.6. The molecule has 0 radical (unpaired) electrons. The van der Waals surface area contributed by atoms with Gasteiger partial charge in [0.2, 0.25) is 0 Å². The summed E-state index contributed by atoms with van der Waals surface area (Å²) in [6.45, 7) is 5.71. The molecule has 4 rings (SSSR count). The smallest absolute Gasteiger partial charge is 0.262 e. The second-order valence-corrected chi connectivity index (χ2v) is 7.90. The molecule has 6 heteroatoms. The van der Waals surface area contributed by atoms with Crippen molar-refractivity contribution in [2.45, 2.75) is 50.7 Å². The quantitative estimate of drug-likeness (QED) is 0.853. The Labute approximate surface area is 166 Å². The van der Waals surface area contributed by atoms with E-state index < -0.39 is 6.10 Å². The lowest BCUT2D eigenvalue weighted by Crippen LogP contribution is -2.55. The van der Waals surface area contributed by atoms with Gasteiger partial charge in [0.05, 0.1) is 0 Å². The number of amides is 1. The highest BCUT2D eigenvalue weighted by Crippen LogP contribution is 2.49. The number of rotatable bonds is 4. The number of piperidine rings is 1. The Bertz CT molecular complexity index is 861. The zero-order chi connectivity index (χ0) is 19.7. The zero-order valence-electron chi connectivity index (χ0n) is 16.5. The number of anilines is 2. The summed E-state index contributed by atoms with van der Waals surface area (Å²) < 4.78 is 6.20. The molecular formula is C22H28N4O2. The van der Waals surface area contributed by atoms with Gasteiger partial charge in [-0.25, -0.2) is 4.98 Å². The Kier molecular flexibility index (Phi) is 4.87. The van der Waals surface area contributed by atoms with Crippen LogP contribution >= 0.6 is 0 Å². The van der Waals surface area contributed by atoms with E-state index in [9.17, 15) is 4.79 Å². The molecule has 28 heavy (non-hydrogen) atoms. The number of hydrogen-bond donors (Lipinski definition) is 2. The van der Waals surface area contributed by atoms with E-state index in [0.29, 0.717) is 5.69 Å². The van der Waals surface area contributed by atoms with E-state index >= 15 is 0 Å². The van der Waals surface area contributed by atoms with E-state index in [0.717, 1.165) is 49.5 Å². The van der Waals surface area contributed by atoms with Crippen molar-refractivity contribution < 1.29 is 9.53 Å². The molecule has 148 valence electrons. The first-order valence-electron chi connectivity index (χ1n) is 10.1. The van der Waals surface area contributed by atoms with Crippen LogP contribution in [0.2, 0.25) is 0 Å². The minimum absolute atomic E-state index is 0.0129. The molecule has 1 amide bonds. The summed E-state index contributed by atoms with van der Waals surface area (Å²) in [6, 6.07) is 11.9. The van der Waals surface area contributed by atoms with E-state index in [4.69, 9.17) is 10.5 Å². The summed E-state index contributed by atoms with van der Waals surface area (Å²) in [4.78, 5) is 19.8. The highest BCUT2D eigenvalue weighted by Gasteiger charge is 2.53. The lowest BCUT2D eigenvalue weighted by molar-refractivity contribution is -0.131. The molecule has 1 saturated heterocycles. The Hall–Kier alpha value is -2.76. The maximum absolute atomic E-state index is 13.1. The van der Waals surface area contributed by atoms with E-state index in [-0.39, 0.29) is 17.4 Å². The fourth-order valence-corrected chi connectivity index (χ4v) is 4.36. The number of aromatic nitrogens is 1. The third kappa shape index (κ3) is 3.17. The van der Waals surface area contributed by atoms with Crippen molar-refractivity contribution in [1.82, 2.24) is 10.3 Å². The summed E-state index contributed by atoms with van der Waals surface area (Å²) in [5, 5.41) is 3.12. The minimum Gasteiger partial charge on any atom is -0.479 e. The summed E-state index contributed by atoms with van der Waals surface area (Å²) >= 11 is 0. The molecule has 1 aromatic heterocycles. The molecule has 0 saturated carbocycles. The van der Waals surface area contributed by atoms with Gasteiger partial charge < -0.3 is 20.7 Å². The zero-order valence-corrected chi connectivity index (χ0v) is 16.5. The molecule has 2 aromatic rings. The van der Waals surface area contributed by atoms with Gasteiger partial charge in [-0.1, -0.05) is 25.1 Å². The average Bonchev–Trinajstić information content (AvgIpc) is 3.03. The Morgan fingerprint density at radius 2 is 2.11 bits per heavy atom. The van der Waals surface area contributed by atoms with Crippen LogP contribution in [-0.4, -0.2) is 36.1 Å². The average molecular weight is 380 g/mol. The Morgan fingerprint density at radius 3 is 2.82 bits per heavy atom. The molecule has 0 bridgehead atoms. The van der Waals surface area contributed by atoms with Gasteiger partial charge in [-0.2, -0.15) is 0 Å². The normalized spacial score (nSPS) is 21.1. The first-order chi connectivity index (χ1) is 13.5. The van der Waals surface area contributed by atoms with Crippen LogP contribution in [0.4, 0.5) is 11.5 Å². The number of pyridine rings is 1. The van der Waals surface area contributed by atoms with Crippen LogP contribution in [0.3, 0.4) is 0 Å². The number of benzene rings is 1. The van der Waals surface area contributed by atoms with Crippen LogP contribution in [-0.2, 0) is 10.2 Å². The monoisotopic (exact) mass is 380 g/mol. The van der Waals surface area contributed by atoms with Crippen molar-refractivity contribution in [2.75, 3.05) is 23.7 Å². The molecule has 2 aliphatic heterocycles. The third-order valence-corrected chi connectivity index (χ3v) is 6.16. The summed E-state index contributed by atoms with van der Waals surface area (Å²) in [5.74, 6) is 1.71. The van der Waals surface area contributed by atoms with Crippen LogP contribution in [0.25, 0.3) is 0 Å². The van der Waals surface area contributed by atoms with Gasteiger partial charge in [0.25, 0.3) is 5.91 Å². The molecule has 2 unspecified atom stereocenters. The van der Waals surface area contributed by atoms with Gasteiger partial charge in [0.15, 0.2) is 6.10 Å². The highest BCUT2D eigenvalue weighted by molar-refractivity contribution is 5.85. The molecule has 1 aromatic carbocycles. The van der Waals surface area contributed by atoms with Crippen molar-refractivity contribution in [3.05, 3.63) is 48.2 Å². The topological polar surface area (TPSA) is 80.5 Å². The lowest BCUT2D eigenvalue weighted by Gasteiger charge is -2.42. The largest absolute Gasteiger partial charge is 0.479 e. The van der Waals surface area contributed by atoms with E-state index in [2.05, 4.69) is 28.2 Å². The lowest BCUT2D eigenvalue weighted by atomic mass is 9.69. The number of nitrogens with one attached hydrogen (secondary N) is 1. The maximum atomic E-state index is 13.1. The molecule has 1 fully saturated rings. The number of nitrogen functional groups attached to an aromatic ring is 1. The fraction of sp³-hybridized carbons (Fsp3) is 0.455. The van der Waals surface area contributed by atoms with Crippen LogP contribution < -0.4 is 20.7 Å². The van der Waals surface area contributed by atoms with E-state index in [1.165, 1.54) is 0 Å². The predicted molar refractivity (Wildman–Crippen MR) is 111 cm³/mol. The van der Waals surface area contributed by atoms with Gasteiger partial charge in [0, 0.05) is 48.1 Å². The number of hydrogen-bond acceptors (Lipinski definition) is 5. The molecule has 3 N–H and O–H groups in total. The first-order valence-corrected chi connectivity index (χ1v) is 10.1. The van der Waals surface area contributed by atoms with Crippen molar-refractivity contribution in [3.63, 3.8) is 0 Å². The van der Waals surface area contributed by atoms with Gasteiger partial charge in [0.1, 0.15) is 11.6 Å². The number of para-hydroxylation sites is 1. The second kappa shape index (κ2) is 7.34. The predicted octanol–water partition coefficient (Wildman–Crippen LogP) is 2.88. The van der Waals surface area contributed by atoms with E-state index in [1.54, 1.807) is 12.3 Å². The number of carbonyl (C=O) groups is 1. The maximum Gasteiger partial charge on any atom is 0.262 e. The molecule has 0 aliphatic carbocycles. The summed E-state index contributed by atoms with van der Waals surface area (Å²) in [5.41, 5.74) is 7.49. The van der Waals surface area contributed by atoms with Gasteiger partial charge in [-0.3, -0.25) is 4.79 Å². The minimum atomic E-state index is -0.491. The second-order valence-electron chi connectivity index (χ2n) is 7.90.